The summed E-state index contributed by atoms with van der Waals surface area (Å²) in [5, 5.41) is 5.81. The number of aromatic nitrogens is 3. The predicted molar refractivity (Wildman–Crippen MR) is 128 cm³/mol. The molecule has 0 atom stereocenters. The molecule has 0 amide bonds. The normalized spacial score (nSPS) is 10.6. The van der Waals surface area contributed by atoms with Gasteiger partial charge < -0.3 is 4.74 Å². The van der Waals surface area contributed by atoms with Crippen molar-refractivity contribution < 1.29 is 4.74 Å². The van der Waals surface area contributed by atoms with Crippen LogP contribution in [0, 0.1) is 11.8 Å². The van der Waals surface area contributed by atoms with Gasteiger partial charge in [-0.1, -0.05) is 54.5 Å². The molecule has 0 unspecified atom stereocenters. The quantitative estimate of drug-likeness (QED) is 0.354. The van der Waals surface area contributed by atoms with Crippen molar-refractivity contribution in [2.45, 2.75) is 0 Å². The van der Waals surface area contributed by atoms with Crippen LogP contribution in [-0.4, -0.2) is 21.9 Å². The van der Waals surface area contributed by atoms with Crippen molar-refractivity contribution in [3.05, 3.63) is 102 Å². The molecule has 5 aromatic rings. The van der Waals surface area contributed by atoms with Crippen LogP contribution in [-0.2, 0) is 7.05 Å². The van der Waals surface area contributed by atoms with Crippen LogP contribution in [0.25, 0.3) is 33.3 Å². The lowest BCUT2D eigenvalue weighted by atomic mass is 10.0. The Morgan fingerprint density at radius 1 is 0.781 bits per heavy atom. The topological polar surface area (TPSA) is 39.9 Å². The molecule has 2 heterocycles. The van der Waals surface area contributed by atoms with Gasteiger partial charge in [0.05, 0.1) is 12.6 Å². The highest BCUT2D eigenvalue weighted by molar-refractivity contribution is 5.81. The molecule has 5 rings (SSSR count). The first kappa shape index (κ1) is 19.6. The molecule has 0 bridgehead atoms. The first-order valence-corrected chi connectivity index (χ1v) is 10.4. The van der Waals surface area contributed by atoms with Crippen LogP contribution in [0.2, 0.25) is 0 Å². The summed E-state index contributed by atoms with van der Waals surface area (Å²) in [7, 11) is 3.61. The summed E-state index contributed by atoms with van der Waals surface area (Å²) < 4.78 is 7.12. The Balaban J connectivity index is 1.42. The van der Waals surface area contributed by atoms with Gasteiger partial charge in [-0.25, -0.2) is 4.98 Å². The number of ether oxygens (including phenoxy) is 1. The molecule has 0 fully saturated rings. The second-order valence-electron chi connectivity index (χ2n) is 7.51. The van der Waals surface area contributed by atoms with Crippen molar-refractivity contribution in [2.75, 3.05) is 7.11 Å². The van der Waals surface area contributed by atoms with Gasteiger partial charge in [-0.05, 0) is 47.9 Å². The van der Waals surface area contributed by atoms with E-state index in [0.29, 0.717) is 0 Å². The fourth-order valence-corrected chi connectivity index (χ4v) is 3.67. The number of aryl methyl sites for hydroxylation is 1. The van der Waals surface area contributed by atoms with E-state index in [2.05, 4.69) is 53.2 Å². The SMILES string of the molecule is COc1ccc(-c2cn(C)nc2-c2ccc(C#Cc3ccc4ccccc4n3)cc2)cc1. The van der Waals surface area contributed by atoms with Crippen LogP contribution in [0.5, 0.6) is 5.75 Å². The highest BCUT2D eigenvalue weighted by Gasteiger charge is 2.12. The second kappa shape index (κ2) is 8.41. The van der Waals surface area contributed by atoms with E-state index in [9.17, 15) is 0 Å². The van der Waals surface area contributed by atoms with E-state index in [-0.39, 0.29) is 0 Å². The number of rotatable bonds is 3. The molecule has 4 heteroatoms. The second-order valence-corrected chi connectivity index (χ2v) is 7.51. The number of hydrogen-bond acceptors (Lipinski definition) is 3. The minimum absolute atomic E-state index is 0.763. The maximum atomic E-state index is 5.28. The summed E-state index contributed by atoms with van der Waals surface area (Å²) >= 11 is 0. The van der Waals surface area contributed by atoms with Gasteiger partial charge in [0, 0.05) is 35.3 Å². The number of fused-ring (bicyclic) bond motifs is 1. The monoisotopic (exact) mass is 415 g/mol. The summed E-state index contributed by atoms with van der Waals surface area (Å²) in [4.78, 5) is 4.62. The van der Waals surface area contributed by atoms with Crippen molar-refractivity contribution in [1.82, 2.24) is 14.8 Å². The Hall–Kier alpha value is -4.36. The molecule has 0 N–H and O–H groups in total. The Bertz CT molecular complexity index is 1450. The molecule has 0 saturated carbocycles. The van der Waals surface area contributed by atoms with Crippen LogP contribution in [0.3, 0.4) is 0 Å². The smallest absolute Gasteiger partial charge is 0.118 e. The van der Waals surface area contributed by atoms with Crippen LogP contribution >= 0.6 is 0 Å². The number of hydrogen-bond donors (Lipinski definition) is 0. The van der Waals surface area contributed by atoms with Gasteiger partial charge in [0.15, 0.2) is 0 Å². The Morgan fingerprint density at radius 3 is 2.31 bits per heavy atom. The largest absolute Gasteiger partial charge is 0.497 e. The average molecular weight is 415 g/mol. The van der Waals surface area contributed by atoms with Crippen molar-refractivity contribution in [3.63, 3.8) is 0 Å². The number of benzene rings is 3. The standard InChI is InChI=1S/C28H21N3O/c1-31-19-26(21-13-17-25(32-2)18-14-21)28(30-31)23-10-7-20(8-11-23)9-15-24-16-12-22-5-3-4-6-27(22)29-24/h3-8,10-14,16-19H,1-2H3. The first-order chi connectivity index (χ1) is 15.7. The molecule has 154 valence electrons. The third-order valence-electron chi connectivity index (χ3n) is 5.32. The highest BCUT2D eigenvalue weighted by atomic mass is 16.5. The third kappa shape index (κ3) is 3.97. The fraction of sp³-hybridized carbons (Fsp3) is 0.0714. The van der Waals surface area contributed by atoms with Crippen LogP contribution < -0.4 is 4.74 Å². The lowest BCUT2D eigenvalue weighted by molar-refractivity contribution is 0.415. The first-order valence-electron chi connectivity index (χ1n) is 10.4. The molecule has 4 nitrogen and oxygen atoms in total. The number of nitrogens with zero attached hydrogens (tertiary/aromatic N) is 3. The molecule has 2 aromatic heterocycles. The summed E-state index contributed by atoms with van der Waals surface area (Å²) in [5.41, 5.74) is 6.81. The molecule has 0 radical (unpaired) electrons. The van der Waals surface area contributed by atoms with E-state index >= 15 is 0 Å². The van der Waals surface area contributed by atoms with E-state index in [1.807, 2.05) is 66.5 Å². The van der Waals surface area contributed by atoms with E-state index < -0.39 is 0 Å². The lowest BCUT2D eigenvalue weighted by Gasteiger charge is -2.05. The molecule has 0 saturated heterocycles. The van der Waals surface area contributed by atoms with Crippen molar-refractivity contribution >= 4 is 10.9 Å². The molecule has 0 spiro atoms. The van der Waals surface area contributed by atoms with Gasteiger partial charge in [-0.3, -0.25) is 4.68 Å². The molecule has 0 aliphatic carbocycles. The van der Waals surface area contributed by atoms with Gasteiger partial charge in [0.2, 0.25) is 0 Å². The molecular weight excluding hydrogens is 394 g/mol. The van der Waals surface area contributed by atoms with Crippen LogP contribution in [0.1, 0.15) is 11.3 Å². The zero-order valence-corrected chi connectivity index (χ0v) is 17.9. The molecule has 0 aliphatic heterocycles. The summed E-state index contributed by atoms with van der Waals surface area (Å²) in [5.74, 6) is 7.22. The fourth-order valence-electron chi connectivity index (χ4n) is 3.67. The van der Waals surface area contributed by atoms with E-state index in [4.69, 9.17) is 9.84 Å². The maximum Gasteiger partial charge on any atom is 0.118 e. The zero-order valence-electron chi connectivity index (χ0n) is 17.9. The van der Waals surface area contributed by atoms with Gasteiger partial charge >= 0.3 is 0 Å². The third-order valence-corrected chi connectivity index (χ3v) is 5.32. The lowest BCUT2D eigenvalue weighted by Crippen LogP contribution is -1.88. The van der Waals surface area contributed by atoms with Gasteiger partial charge in [0.25, 0.3) is 0 Å². The summed E-state index contributed by atoms with van der Waals surface area (Å²) in [6.07, 6.45) is 2.04. The molecule has 32 heavy (non-hydrogen) atoms. The van der Waals surface area contributed by atoms with Crippen molar-refractivity contribution in [1.29, 1.82) is 0 Å². The Kier molecular flexibility index (Phi) is 5.15. The molecule has 0 aliphatic rings. The minimum atomic E-state index is 0.763. The predicted octanol–water partition coefficient (Wildman–Crippen LogP) is 5.71. The summed E-state index contributed by atoms with van der Waals surface area (Å²) in [6.45, 7) is 0. The Labute approximate surface area is 187 Å². The zero-order chi connectivity index (χ0) is 21.9. The van der Waals surface area contributed by atoms with E-state index in [1.54, 1.807) is 7.11 Å². The van der Waals surface area contributed by atoms with Crippen LogP contribution in [0.4, 0.5) is 0 Å². The highest BCUT2D eigenvalue weighted by Crippen LogP contribution is 2.32. The minimum Gasteiger partial charge on any atom is -0.497 e. The summed E-state index contributed by atoms with van der Waals surface area (Å²) in [6, 6.07) is 28.3. The number of para-hydroxylation sites is 1. The van der Waals surface area contributed by atoms with Gasteiger partial charge in [-0.2, -0.15) is 5.10 Å². The molecular formula is C28H21N3O. The number of pyridine rings is 1. The van der Waals surface area contributed by atoms with E-state index in [1.165, 1.54) is 0 Å². The number of methoxy groups -OCH3 is 1. The van der Waals surface area contributed by atoms with E-state index in [0.717, 1.165) is 50.3 Å². The average Bonchev–Trinajstić information content (AvgIpc) is 3.24. The molecule has 3 aromatic carbocycles. The Morgan fingerprint density at radius 2 is 1.53 bits per heavy atom. The van der Waals surface area contributed by atoms with Crippen LogP contribution in [0.15, 0.2) is 91.1 Å². The van der Waals surface area contributed by atoms with Gasteiger partial charge in [-0.15, -0.1) is 0 Å². The van der Waals surface area contributed by atoms with Crippen molar-refractivity contribution in [2.24, 2.45) is 7.05 Å². The van der Waals surface area contributed by atoms with Crippen molar-refractivity contribution in [3.8, 4) is 40.0 Å². The van der Waals surface area contributed by atoms with Gasteiger partial charge in [0.1, 0.15) is 17.1 Å². The maximum absolute atomic E-state index is 5.28.